The Balaban J connectivity index is 1.37. The molecule has 0 radical (unpaired) electrons. The number of carbonyl (C=O) groups is 2. The molecule has 1 saturated carbocycles. The third kappa shape index (κ3) is 3.34. The molecule has 1 aliphatic carbocycles. The molecule has 1 N–H and O–H groups in total. The summed E-state index contributed by atoms with van der Waals surface area (Å²) >= 11 is 6.12. The van der Waals surface area contributed by atoms with E-state index >= 15 is 0 Å². The highest BCUT2D eigenvalue weighted by atomic mass is 35.5. The van der Waals surface area contributed by atoms with Gasteiger partial charge in [0.15, 0.2) is 0 Å². The quantitative estimate of drug-likeness (QED) is 0.896. The van der Waals surface area contributed by atoms with E-state index in [0.717, 1.165) is 30.6 Å². The lowest BCUT2D eigenvalue weighted by Crippen LogP contribution is -2.37. The Morgan fingerprint density at radius 2 is 1.85 bits per heavy atom. The van der Waals surface area contributed by atoms with Crippen molar-refractivity contribution in [2.45, 2.75) is 25.8 Å². The molecule has 1 fully saturated rings. The number of halogens is 1. The Bertz CT molecular complexity index is 851. The van der Waals surface area contributed by atoms with Crippen LogP contribution in [0.15, 0.2) is 48.5 Å². The maximum atomic E-state index is 12.9. The molecule has 2 amide bonds. The van der Waals surface area contributed by atoms with Crippen LogP contribution in [0.4, 0.5) is 5.69 Å². The summed E-state index contributed by atoms with van der Waals surface area (Å²) in [6, 6.07) is 15.5. The summed E-state index contributed by atoms with van der Waals surface area (Å²) in [5.41, 5.74) is 3.11. The minimum atomic E-state index is -0.223. The Morgan fingerprint density at radius 3 is 2.69 bits per heavy atom. The number of carbonyl (C=O) groups excluding carboxylic acids is 2. The van der Waals surface area contributed by atoms with Crippen molar-refractivity contribution in [2.24, 2.45) is 11.8 Å². The van der Waals surface area contributed by atoms with Crippen LogP contribution < -0.4 is 10.2 Å². The van der Waals surface area contributed by atoms with Crippen LogP contribution in [-0.4, -0.2) is 18.4 Å². The molecule has 2 atom stereocenters. The Morgan fingerprint density at radius 1 is 1.08 bits per heavy atom. The molecule has 0 aromatic heterocycles. The summed E-state index contributed by atoms with van der Waals surface area (Å²) in [7, 11) is 0. The van der Waals surface area contributed by atoms with E-state index in [1.54, 1.807) is 6.07 Å². The number of anilines is 1. The number of nitrogens with one attached hydrogen (secondary N) is 1. The summed E-state index contributed by atoms with van der Waals surface area (Å²) in [5, 5.41) is 3.55. The SMILES string of the molecule is O=C(NCc1ccccc1Cl)C1CC1C(=O)N1CCCc2ccccc21. The van der Waals surface area contributed by atoms with Crippen LogP contribution in [0.25, 0.3) is 0 Å². The summed E-state index contributed by atoms with van der Waals surface area (Å²) in [6.45, 7) is 1.13. The number of nitrogens with zero attached hydrogens (tertiary/aromatic N) is 1. The molecule has 4 nitrogen and oxygen atoms in total. The normalized spacial score (nSPS) is 21.0. The van der Waals surface area contributed by atoms with E-state index in [-0.39, 0.29) is 23.7 Å². The first kappa shape index (κ1) is 17.1. The number of para-hydroxylation sites is 1. The van der Waals surface area contributed by atoms with E-state index in [0.29, 0.717) is 18.0 Å². The zero-order valence-corrected chi connectivity index (χ0v) is 15.2. The highest BCUT2D eigenvalue weighted by Crippen LogP contribution is 2.42. The monoisotopic (exact) mass is 368 g/mol. The molecule has 0 spiro atoms. The van der Waals surface area contributed by atoms with Crippen molar-refractivity contribution in [1.82, 2.24) is 5.32 Å². The number of fused-ring (bicyclic) bond motifs is 1. The van der Waals surface area contributed by atoms with Crippen LogP contribution in [-0.2, 0) is 22.6 Å². The zero-order chi connectivity index (χ0) is 18.1. The Kier molecular flexibility index (Phi) is 4.68. The van der Waals surface area contributed by atoms with Crippen LogP contribution in [0.2, 0.25) is 5.02 Å². The van der Waals surface area contributed by atoms with Crippen LogP contribution in [0, 0.1) is 11.8 Å². The third-order valence-electron chi connectivity index (χ3n) is 5.23. The third-order valence-corrected chi connectivity index (χ3v) is 5.60. The lowest BCUT2D eigenvalue weighted by molar-refractivity contribution is -0.126. The van der Waals surface area contributed by atoms with Gasteiger partial charge in [-0.1, -0.05) is 48.0 Å². The summed E-state index contributed by atoms with van der Waals surface area (Å²) in [6.07, 6.45) is 2.61. The van der Waals surface area contributed by atoms with E-state index in [4.69, 9.17) is 11.6 Å². The van der Waals surface area contributed by atoms with Crippen LogP contribution in [0.5, 0.6) is 0 Å². The van der Waals surface area contributed by atoms with Gasteiger partial charge in [0.25, 0.3) is 0 Å². The average molecular weight is 369 g/mol. The second-order valence-electron chi connectivity index (χ2n) is 6.98. The van der Waals surface area contributed by atoms with Gasteiger partial charge in [-0.25, -0.2) is 0 Å². The van der Waals surface area contributed by atoms with Gasteiger partial charge in [0.05, 0.1) is 11.8 Å². The number of rotatable bonds is 4. The van der Waals surface area contributed by atoms with Crippen molar-refractivity contribution < 1.29 is 9.59 Å². The maximum absolute atomic E-state index is 12.9. The summed E-state index contributed by atoms with van der Waals surface area (Å²) in [5.74, 6) is -0.407. The molecule has 26 heavy (non-hydrogen) atoms. The molecule has 1 heterocycles. The number of hydrogen-bond acceptors (Lipinski definition) is 2. The van der Waals surface area contributed by atoms with Crippen molar-refractivity contribution in [2.75, 3.05) is 11.4 Å². The molecular weight excluding hydrogens is 348 g/mol. The van der Waals surface area contributed by atoms with Crippen LogP contribution in [0.1, 0.15) is 24.0 Å². The average Bonchev–Trinajstić information content (AvgIpc) is 3.47. The first-order valence-electron chi connectivity index (χ1n) is 9.05. The lowest BCUT2D eigenvalue weighted by Gasteiger charge is -2.29. The first-order chi connectivity index (χ1) is 12.6. The van der Waals surface area contributed by atoms with Gasteiger partial charge in [-0.15, -0.1) is 0 Å². The highest BCUT2D eigenvalue weighted by molar-refractivity contribution is 6.31. The Hall–Kier alpha value is -2.33. The molecule has 2 aromatic carbocycles. The van der Waals surface area contributed by atoms with Crippen molar-refractivity contribution in [1.29, 1.82) is 0 Å². The van der Waals surface area contributed by atoms with E-state index in [9.17, 15) is 9.59 Å². The fraction of sp³-hybridized carbons (Fsp3) is 0.333. The van der Waals surface area contributed by atoms with E-state index in [1.807, 2.05) is 41.3 Å². The highest BCUT2D eigenvalue weighted by Gasteiger charge is 2.50. The van der Waals surface area contributed by atoms with Gasteiger partial charge in [-0.3, -0.25) is 9.59 Å². The topological polar surface area (TPSA) is 49.4 Å². The second kappa shape index (κ2) is 7.12. The van der Waals surface area contributed by atoms with E-state index in [2.05, 4.69) is 11.4 Å². The fourth-order valence-electron chi connectivity index (χ4n) is 3.68. The van der Waals surface area contributed by atoms with Crippen molar-refractivity contribution in [3.8, 4) is 0 Å². The molecule has 4 rings (SSSR count). The number of hydrogen-bond donors (Lipinski definition) is 1. The number of amides is 2. The molecule has 2 unspecified atom stereocenters. The largest absolute Gasteiger partial charge is 0.352 e. The molecule has 134 valence electrons. The van der Waals surface area contributed by atoms with Gasteiger partial charge in [-0.2, -0.15) is 0 Å². The molecular formula is C21H21ClN2O2. The van der Waals surface area contributed by atoms with Gasteiger partial charge in [-0.05, 0) is 42.5 Å². The second-order valence-corrected chi connectivity index (χ2v) is 7.39. The van der Waals surface area contributed by atoms with E-state index < -0.39 is 0 Å². The number of aryl methyl sites for hydroxylation is 1. The summed E-state index contributed by atoms with van der Waals surface area (Å²) in [4.78, 5) is 27.2. The van der Waals surface area contributed by atoms with Crippen LogP contribution >= 0.6 is 11.6 Å². The van der Waals surface area contributed by atoms with Crippen molar-refractivity contribution in [3.63, 3.8) is 0 Å². The van der Waals surface area contributed by atoms with Gasteiger partial charge >= 0.3 is 0 Å². The predicted octanol–water partition coefficient (Wildman–Crippen LogP) is 3.57. The Labute approximate surface area is 158 Å². The van der Waals surface area contributed by atoms with Gasteiger partial charge in [0.2, 0.25) is 11.8 Å². The van der Waals surface area contributed by atoms with Crippen LogP contribution in [0.3, 0.4) is 0 Å². The smallest absolute Gasteiger partial charge is 0.230 e. The van der Waals surface area contributed by atoms with Gasteiger partial charge in [0, 0.05) is 23.8 Å². The molecule has 2 aliphatic rings. The van der Waals surface area contributed by atoms with Crippen molar-refractivity contribution >= 4 is 29.1 Å². The maximum Gasteiger partial charge on any atom is 0.230 e. The van der Waals surface area contributed by atoms with Crippen molar-refractivity contribution in [3.05, 3.63) is 64.7 Å². The predicted molar refractivity (Wildman–Crippen MR) is 102 cm³/mol. The summed E-state index contributed by atoms with van der Waals surface area (Å²) < 4.78 is 0. The van der Waals surface area contributed by atoms with Gasteiger partial charge < -0.3 is 10.2 Å². The molecule has 2 aromatic rings. The minimum Gasteiger partial charge on any atom is -0.352 e. The van der Waals surface area contributed by atoms with Gasteiger partial charge in [0.1, 0.15) is 0 Å². The minimum absolute atomic E-state index is 0.0615. The molecule has 0 saturated heterocycles. The standard InChI is InChI=1S/C21H21ClN2O2/c22-18-9-3-1-7-15(18)13-23-20(25)16-12-17(16)21(26)24-11-5-8-14-6-2-4-10-19(14)24/h1-4,6-7,9-10,16-17H,5,8,11-13H2,(H,23,25). The zero-order valence-electron chi connectivity index (χ0n) is 14.5. The molecule has 5 heteroatoms. The lowest BCUT2D eigenvalue weighted by atomic mass is 10.0. The van der Waals surface area contributed by atoms with E-state index in [1.165, 1.54) is 5.56 Å². The molecule has 0 bridgehead atoms. The number of benzene rings is 2. The fourth-order valence-corrected chi connectivity index (χ4v) is 3.88. The molecule has 1 aliphatic heterocycles. The first-order valence-corrected chi connectivity index (χ1v) is 9.43.